The molecule has 0 saturated carbocycles. The van der Waals surface area contributed by atoms with E-state index in [4.69, 9.17) is 16.3 Å². The third-order valence-corrected chi connectivity index (χ3v) is 6.29. The maximum atomic E-state index is 13.4. The minimum Gasteiger partial charge on any atom is -0.507 e. The van der Waals surface area contributed by atoms with Gasteiger partial charge in [-0.05, 0) is 48.9 Å². The van der Waals surface area contributed by atoms with Crippen LogP contribution in [-0.2, 0) is 9.59 Å². The number of hydrogen-bond donors (Lipinski definition) is 2. The second kappa shape index (κ2) is 8.39. The summed E-state index contributed by atoms with van der Waals surface area (Å²) >= 11 is 6.19. The molecule has 1 saturated heterocycles. The highest BCUT2D eigenvalue weighted by atomic mass is 35.5. The van der Waals surface area contributed by atoms with Crippen molar-refractivity contribution in [1.29, 1.82) is 0 Å². The fraction of sp³-hybridized carbons (Fsp3) is 0.111. The highest BCUT2D eigenvalue weighted by molar-refractivity contribution is 6.52. The van der Waals surface area contributed by atoms with Crippen molar-refractivity contribution in [2.45, 2.75) is 13.0 Å². The van der Waals surface area contributed by atoms with Crippen LogP contribution in [0.3, 0.4) is 0 Å². The Balaban J connectivity index is 1.82. The number of methoxy groups -OCH3 is 1. The molecule has 0 spiro atoms. The number of aliphatic hydroxyl groups is 1. The number of nitrogens with one attached hydrogen (secondary N) is 1. The van der Waals surface area contributed by atoms with E-state index in [0.29, 0.717) is 22.0 Å². The lowest BCUT2D eigenvalue weighted by Gasteiger charge is -2.25. The molecule has 1 atom stereocenters. The molecule has 1 amide bonds. The minimum atomic E-state index is -0.860. The van der Waals surface area contributed by atoms with Crippen LogP contribution >= 0.6 is 11.6 Å². The summed E-state index contributed by atoms with van der Waals surface area (Å²) in [5, 5.41) is 12.6. The number of ether oxygens (including phenoxy) is 1. The number of rotatable bonds is 4. The maximum Gasteiger partial charge on any atom is 0.300 e. The van der Waals surface area contributed by atoms with Crippen LogP contribution in [0, 0.1) is 6.92 Å². The Morgan fingerprint density at radius 3 is 2.62 bits per heavy atom. The van der Waals surface area contributed by atoms with E-state index < -0.39 is 17.7 Å². The number of Topliss-reactive ketones (excluding diaryl/α,β-unsaturated/α-hetero) is 1. The van der Waals surface area contributed by atoms with E-state index in [-0.39, 0.29) is 16.9 Å². The van der Waals surface area contributed by atoms with Crippen LogP contribution in [0.4, 0.5) is 5.69 Å². The normalized spacial score (nSPS) is 17.5. The van der Waals surface area contributed by atoms with Gasteiger partial charge in [0, 0.05) is 33.4 Å². The zero-order valence-corrected chi connectivity index (χ0v) is 19.3. The highest BCUT2D eigenvalue weighted by Crippen LogP contribution is 2.45. The van der Waals surface area contributed by atoms with Crippen molar-refractivity contribution < 1.29 is 19.4 Å². The van der Waals surface area contributed by atoms with Gasteiger partial charge in [0.05, 0.1) is 24.3 Å². The number of carbonyl (C=O) groups is 2. The zero-order chi connectivity index (χ0) is 24.0. The average Bonchev–Trinajstić information content (AvgIpc) is 3.37. The van der Waals surface area contributed by atoms with Crippen molar-refractivity contribution in [3.63, 3.8) is 0 Å². The molecule has 4 aromatic rings. The van der Waals surface area contributed by atoms with E-state index in [1.165, 1.54) is 18.1 Å². The largest absolute Gasteiger partial charge is 0.507 e. The van der Waals surface area contributed by atoms with E-state index in [2.05, 4.69) is 4.98 Å². The van der Waals surface area contributed by atoms with E-state index in [0.717, 1.165) is 16.5 Å². The molecule has 3 aromatic carbocycles. The van der Waals surface area contributed by atoms with Gasteiger partial charge in [-0.25, -0.2) is 0 Å². The fourth-order valence-electron chi connectivity index (χ4n) is 4.50. The van der Waals surface area contributed by atoms with Gasteiger partial charge in [0.25, 0.3) is 11.7 Å². The first kappa shape index (κ1) is 21.8. The number of halogens is 1. The van der Waals surface area contributed by atoms with Gasteiger partial charge in [0.2, 0.25) is 0 Å². The monoisotopic (exact) mass is 472 g/mol. The first-order valence-electron chi connectivity index (χ1n) is 10.7. The number of benzene rings is 3. The molecule has 34 heavy (non-hydrogen) atoms. The van der Waals surface area contributed by atoms with Gasteiger partial charge in [-0.1, -0.05) is 41.9 Å². The van der Waals surface area contributed by atoms with Crippen molar-refractivity contribution in [3.05, 3.63) is 100 Å². The summed E-state index contributed by atoms with van der Waals surface area (Å²) in [6.45, 7) is 1.91. The third kappa shape index (κ3) is 3.43. The topological polar surface area (TPSA) is 82.6 Å². The van der Waals surface area contributed by atoms with Crippen LogP contribution < -0.4 is 9.64 Å². The number of para-hydroxylation sites is 1. The van der Waals surface area contributed by atoms with Gasteiger partial charge in [0.15, 0.2) is 0 Å². The van der Waals surface area contributed by atoms with E-state index in [9.17, 15) is 14.7 Å². The standard InChI is InChI=1S/C27H21ClN2O4/c1-15-6-5-7-17(12-15)30-24(20-14-29-21-9-4-3-8-18(20)21)23(26(32)27(30)33)25(31)19-13-16(28)10-11-22(19)34-2/h3-14,24,29,31H,1-2H3/b25-23+. The Bertz CT molecular complexity index is 1490. The summed E-state index contributed by atoms with van der Waals surface area (Å²) in [7, 11) is 1.46. The predicted octanol–water partition coefficient (Wildman–Crippen LogP) is 5.76. The third-order valence-electron chi connectivity index (χ3n) is 6.06. The maximum absolute atomic E-state index is 13.4. The Morgan fingerprint density at radius 2 is 1.85 bits per heavy atom. The molecule has 1 fully saturated rings. The minimum absolute atomic E-state index is 0.0307. The molecule has 0 bridgehead atoms. The summed E-state index contributed by atoms with van der Waals surface area (Å²) in [5.41, 5.74) is 3.26. The van der Waals surface area contributed by atoms with Crippen molar-refractivity contribution in [3.8, 4) is 5.75 Å². The van der Waals surface area contributed by atoms with Gasteiger partial charge in [-0.2, -0.15) is 0 Å². The first-order chi connectivity index (χ1) is 16.4. The van der Waals surface area contributed by atoms with Gasteiger partial charge < -0.3 is 14.8 Å². The molecule has 170 valence electrons. The summed E-state index contributed by atoms with van der Waals surface area (Å²) in [4.78, 5) is 31.5. The Morgan fingerprint density at radius 1 is 1.06 bits per heavy atom. The molecular formula is C27H21ClN2O4. The van der Waals surface area contributed by atoms with Crippen molar-refractivity contribution in [1.82, 2.24) is 4.98 Å². The molecule has 1 aliphatic rings. The molecule has 5 rings (SSSR count). The average molecular weight is 473 g/mol. The quantitative estimate of drug-likeness (QED) is 0.224. The first-order valence-corrected chi connectivity index (χ1v) is 11.1. The van der Waals surface area contributed by atoms with Crippen molar-refractivity contribution >= 4 is 45.6 Å². The number of amides is 1. The van der Waals surface area contributed by atoms with Crippen molar-refractivity contribution in [2.75, 3.05) is 12.0 Å². The fourth-order valence-corrected chi connectivity index (χ4v) is 4.67. The number of hydrogen-bond acceptors (Lipinski definition) is 4. The molecular weight excluding hydrogens is 452 g/mol. The summed E-state index contributed by atoms with van der Waals surface area (Å²) < 4.78 is 5.40. The van der Waals surface area contributed by atoms with E-state index in [1.54, 1.807) is 24.4 Å². The molecule has 6 nitrogen and oxygen atoms in total. The molecule has 1 aliphatic heterocycles. The van der Waals surface area contributed by atoms with Crippen LogP contribution in [0.25, 0.3) is 16.7 Å². The number of aromatic amines is 1. The van der Waals surface area contributed by atoms with Crippen LogP contribution in [0.1, 0.15) is 22.7 Å². The zero-order valence-electron chi connectivity index (χ0n) is 18.5. The number of aromatic nitrogens is 1. The molecule has 7 heteroatoms. The van der Waals surface area contributed by atoms with Gasteiger partial charge >= 0.3 is 0 Å². The SMILES string of the molecule is COc1ccc(Cl)cc1/C(O)=C1\C(=O)C(=O)N(c2cccc(C)c2)C1c1c[nH]c2ccccc12. The second-order valence-corrected chi connectivity index (χ2v) is 8.58. The number of carbonyl (C=O) groups excluding carboxylic acids is 2. The number of fused-ring (bicyclic) bond motifs is 1. The summed E-state index contributed by atoms with van der Waals surface area (Å²) in [6.07, 6.45) is 1.77. The number of ketones is 1. The van der Waals surface area contributed by atoms with Gasteiger partial charge in [-0.15, -0.1) is 0 Å². The molecule has 2 heterocycles. The second-order valence-electron chi connectivity index (χ2n) is 8.14. The molecule has 1 aromatic heterocycles. The molecule has 0 aliphatic carbocycles. The Hall–Kier alpha value is -4.03. The predicted molar refractivity (Wildman–Crippen MR) is 132 cm³/mol. The number of aryl methyl sites for hydroxylation is 1. The molecule has 2 N–H and O–H groups in total. The molecule has 1 unspecified atom stereocenters. The number of anilines is 1. The highest BCUT2D eigenvalue weighted by Gasteiger charge is 2.48. The van der Waals surface area contributed by atoms with Crippen molar-refractivity contribution in [2.24, 2.45) is 0 Å². The molecule has 0 radical (unpaired) electrons. The summed E-state index contributed by atoms with van der Waals surface area (Å²) in [6, 6.07) is 18.9. The van der Waals surface area contributed by atoms with Gasteiger partial charge in [-0.3, -0.25) is 14.5 Å². The van der Waals surface area contributed by atoms with Crippen LogP contribution in [0.15, 0.2) is 78.5 Å². The number of aliphatic hydroxyl groups excluding tert-OH is 1. The Labute approximate surface area is 201 Å². The van der Waals surface area contributed by atoms with E-state index >= 15 is 0 Å². The van der Waals surface area contributed by atoms with Gasteiger partial charge in [0.1, 0.15) is 11.5 Å². The van der Waals surface area contributed by atoms with E-state index in [1.807, 2.05) is 49.4 Å². The lowest BCUT2D eigenvalue weighted by Crippen LogP contribution is -2.29. The lowest BCUT2D eigenvalue weighted by atomic mass is 9.94. The summed E-state index contributed by atoms with van der Waals surface area (Å²) in [5.74, 6) is -1.51. The number of H-pyrrole nitrogens is 1. The van der Waals surface area contributed by atoms with Crippen LogP contribution in [0.2, 0.25) is 5.02 Å². The lowest BCUT2D eigenvalue weighted by molar-refractivity contribution is -0.132. The Kier molecular flexibility index (Phi) is 5.38. The van der Waals surface area contributed by atoms with Crippen LogP contribution in [-0.4, -0.2) is 28.9 Å². The van der Waals surface area contributed by atoms with Crippen LogP contribution in [0.5, 0.6) is 5.75 Å². The number of nitrogens with zero attached hydrogens (tertiary/aromatic N) is 1. The smallest absolute Gasteiger partial charge is 0.300 e.